The number of amides is 2. The van der Waals surface area contributed by atoms with Gasteiger partial charge in [-0.2, -0.15) is 13.2 Å². The lowest BCUT2D eigenvalue weighted by Crippen LogP contribution is -2.37. The number of carbonyl (C=O) groups excluding carboxylic acids is 2. The molecule has 0 heterocycles. The highest BCUT2D eigenvalue weighted by Gasteiger charge is 2.28. The fourth-order valence-electron chi connectivity index (χ4n) is 2.23. The molecular weight excluding hydrogens is 333 g/mol. The van der Waals surface area contributed by atoms with Crippen molar-refractivity contribution >= 4 is 11.8 Å². The molecule has 4 nitrogen and oxygen atoms in total. The van der Waals surface area contributed by atoms with E-state index in [1.165, 1.54) is 0 Å². The van der Waals surface area contributed by atoms with Crippen LogP contribution in [0.4, 0.5) is 13.2 Å². The van der Waals surface area contributed by atoms with E-state index in [1.54, 1.807) is 60.7 Å². The number of rotatable bonds is 6. The van der Waals surface area contributed by atoms with Crippen LogP contribution < -0.4 is 10.6 Å². The molecule has 0 aliphatic rings. The SMILES string of the molecule is O=C(CC(NC(=O)c1ccccc1)c1ccccc1)NCC(F)(F)F. The van der Waals surface area contributed by atoms with Crippen LogP contribution in [0.3, 0.4) is 0 Å². The van der Waals surface area contributed by atoms with Gasteiger partial charge in [0.25, 0.3) is 5.91 Å². The Bertz CT molecular complexity index is 703. The van der Waals surface area contributed by atoms with Crippen LogP contribution in [-0.2, 0) is 4.79 Å². The van der Waals surface area contributed by atoms with E-state index in [0.717, 1.165) is 0 Å². The highest BCUT2D eigenvalue weighted by molar-refractivity contribution is 5.94. The second kappa shape index (κ2) is 8.32. The van der Waals surface area contributed by atoms with Crippen LogP contribution >= 0.6 is 0 Å². The Balaban J connectivity index is 2.09. The largest absolute Gasteiger partial charge is 0.405 e. The van der Waals surface area contributed by atoms with Crippen molar-refractivity contribution in [1.82, 2.24) is 10.6 Å². The zero-order chi connectivity index (χ0) is 18.3. The zero-order valence-corrected chi connectivity index (χ0v) is 13.2. The van der Waals surface area contributed by atoms with Crippen molar-refractivity contribution in [3.05, 3.63) is 71.8 Å². The topological polar surface area (TPSA) is 58.2 Å². The lowest BCUT2D eigenvalue weighted by molar-refractivity contribution is -0.138. The third-order valence-corrected chi connectivity index (χ3v) is 3.42. The quantitative estimate of drug-likeness (QED) is 0.840. The van der Waals surface area contributed by atoms with E-state index >= 15 is 0 Å². The van der Waals surface area contributed by atoms with Crippen molar-refractivity contribution in [2.45, 2.75) is 18.6 Å². The van der Waals surface area contributed by atoms with E-state index in [1.807, 2.05) is 5.32 Å². The maximum Gasteiger partial charge on any atom is 0.405 e. The summed E-state index contributed by atoms with van der Waals surface area (Å²) in [5, 5.41) is 4.52. The van der Waals surface area contributed by atoms with Gasteiger partial charge in [0.15, 0.2) is 0 Å². The summed E-state index contributed by atoms with van der Waals surface area (Å²) in [5.41, 5.74) is 1.04. The Hall–Kier alpha value is -2.83. The summed E-state index contributed by atoms with van der Waals surface area (Å²) in [4.78, 5) is 24.1. The van der Waals surface area contributed by atoms with Crippen LogP contribution in [0.1, 0.15) is 28.4 Å². The standard InChI is InChI=1S/C18H17F3N2O2/c19-18(20,21)12-22-16(24)11-15(13-7-3-1-4-8-13)23-17(25)14-9-5-2-6-10-14/h1-10,15H,11-12H2,(H,22,24)(H,23,25). The zero-order valence-electron chi connectivity index (χ0n) is 13.2. The molecule has 2 rings (SSSR count). The summed E-state index contributed by atoms with van der Waals surface area (Å²) >= 11 is 0. The fraction of sp³-hybridized carbons (Fsp3) is 0.222. The number of carbonyl (C=O) groups is 2. The summed E-state index contributed by atoms with van der Waals surface area (Å²) < 4.78 is 36.7. The van der Waals surface area contributed by atoms with Crippen molar-refractivity contribution < 1.29 is 22.8 Å². The average molecular weight is 350 g/mol. The van der Waals surface area contributed by atoms with Gasteiger partial charge < -0.3 is 10.6 Å². The van der Waals surface area contributed by atoms with Gasteiger partial charge in [-0.15, -0.1) is 0 Å². The van der Waals surface area contributed by atoms with Gasteiger partial charge in [0.1, 0.15) is 6.54 Å². The number of nitrogens with one attached hydrogen (secondary N) is 2. The minimum absolute atomic E-state index is 0.293. The summed E-state index contributed by atoms with van der Waals surface area (Å²) in [7, 11) is 0. The van der Waals surface area contributed by atoms with Gasteiger partial charge in [0.2, 0.25) is 5.91 Å². The molecule has 2 amide bonds. The average Bonchev–Trinajstić information content (AvgIpc) is 2.60. The minimum atomic E-state index is -4.48. The summed E-state index contributed by atoms with van der Waals surface area (Å²) in [6.45, 7) is -1.40. The van der Waals surface area contributed by atoms with E-state index < -0.39 is 30.6 Å². The predicted molar refractivity (Wildman–Crippen MR) is 86.8 cm³/mol. The summed E-state index contributed by atoms with van der Waals surface area (Å²) in [6, 6.07) is 16.3. The molecule has 0 spiro atoms. The molecule has 0 saturated heterocycles. The first kappa shape index (κ1) is 18.5. The molecule has 0 bridgehead atoms. The molecule has 0 aliphatic carbocycles. The molecule has 1 atom stereocenters. The van der Waals surface area contributed by atoms with E-state index in [0.29, 0.717) is 11.1 Å². The lowest BCUT2D eigenvalue weighted by Gasteiger charge is -2.19. The van der Waals surface area contributed by atoms with Crippen LogP contribution in [0.25, 0.3) is 0 Å². The van der Waals surface area contributed by atoms with Crippen molar-refractivity contribution in [3.63, 3.8) is 0 Å². The highest BCUT2D eigenvalue weighted by Crippen LogP contribution is 2.18. The van der Waals surface area contributed by atoms with Crippen LogP contribution in [0.15, 0.2) is 60.7 Å². The molecule has 0 radical (unpaired) electrons. The Morgan fingerprint density at radius 1 is 0.920 bits per heavy atom. The third-order valence-electron chi connectivity index (χ3n) is 3.42. The van der Waals surface area contributed by atoms with E-state index in [2.05, 4.69) is 5.32 Å². The maximum atomic E-state index is 12.3. The molecule has 7 heteroatoms. The molecule has 1 unspecified atom stereocenters. The molecule has 25 heavy (non-hydrogen) atoms. The number of alkyl halides is 3. The predicted octanol–water partition coefficient (Wildman–Crippen LogP) is 3.23. The van der Waals surface area contributed by atoms with E-state index in [9.17, 15) is 22.8 Å². The Kier molecular flexibility index (Phi) is 6.16. The summed E-state index contributed by atoms with van der Waals surface area (Å²) in [5.74, 6) is -1.20. The molecule has 2 aromatic rings. The van der Waals surface area contributed by atoms with Gasteiger partial charge in [-0.05, 0) is 17.7 Å². The van der Waals surface area contributed by atoms with Gasteiger partial charge in [-0.1, -0.05) is 48.5 Å². The van der Waals surface area contributed by atoms with Crippen LogP contribution in [-0.4, -0.2) is 24.5 Å². The van der Waals surface area contributed by atoms with Crippen molar-refractivity contribution in [2.24, 2.45) is 0 Å². The smallest absolute Gasteiger partial charge is 0.347 e. The van der Waals surface area contributed by atoms with E-state index in [-0.39, 0.29) is 6.42 Å². The van der Waals surface area contributed by atoms with Crippen molar-refractivity contribution in [2.75, 3.05) is 6.54 Å². The van der Waals surface area contributed by atoms with Crippen LogP contribution in [0.2, 0.25) is 0 Å². The molecule has 0 aliphatic heterocycles. The Morgan fingerprint density at radius 2 is 1.48 bits per heavy atom. The van der Waals surface area contributed by atoms with Gasteiger partial charge >= 0.3 is 6.18 Å². The van der Waals surface area contributed by atoms with Gasteiger partial charge in [0, 0.05) is 5.56 Å². The minimum Gasteiger partial charge on any atom is -0.347 e. The first-order valence-corrected chi connectivity index (χ1v) is 7.59. The first-order chi connectivity index (χ1) is 11.8. The summed E-state index contributed by atoms with van der Waals surface area (Å²) in [6.07, 6.45) is -4.77. The molecule has 0 fully saturated rings. The van der Waals surface area contributed by atoms with Gasteiger partial charge in [-0.3, -0.25) is 9.59 Å². The second-order valence-electron chi connectivity index (χ2n) is 5.40. The Morgan fingerprint density at radius 3 is 2.04 bits per heavy atom. The molecule has 2 aromatic carbocycles. The molecule has 2 N–H and O–H groups in total. The second-order valence-corrected chi connectivity index (χ2v) is 5.40. The number of hydrogen-bond donors (Lipinski definition) is 2. The third kappa shape index (κ3) is 6.29. The van der Waals surface area contributed by atoms with Crippen molar-refractivity contribution in [1.29, 1.82) is 0 Å². The van der Waals surface area contributed by atoms with Crippen LogP contribution in [0, 0.1) is 0 Å². The highest BCUT2D eigenvalue weighted by atomic mass is 19.4. The maximum absolute atomic E-state index is 12.3. The number of benzene rings is 2. The lowest BCUT2D eigenvalue weighted by atomic mass is 10.0. The normalized spacial score (nSPS) is 12.3. The molecule has 132 valence electrons. The molecule has 0 aromatic heterocycles. The Labute approximate surface area is 143 Å². The molecule has 0 saturated carbocycles. The molecular formula is C18H17F3N2O2. The van der Waals surface area contributed by atoms with Crippen LogP contribution in [0.5, 0.6) is 0 Å². The number of halogens is 3. The van der Waals surface area contributed by atoms with E-state index in [4.69, 9.17) is 0 Å². The monoisotopic (exact) mass is 350 g/mol. The fourth-order valence-corrected chi connectivity index (χ4v) is 2.23. The first-order valence-electron chi connectivity index (χ1n) is 7.59. The van der Waals surface area contributed by atoms with Gasteiger partial charge in [-0.25, -0.2) is 0 Å². The van der Waals surface area contributed by atoms with Gasteiger partial charge in [0.05, 0.1) is 12.5 Å². The number of hydrogen-bond acceptors (Lipinski definition) is 2. The van der Waals surface area contributed by atoms with Crippen molar-refractivity contribution in [3.8, 4) is 0 Å².